The number of nitriles is 1. The van der Waals surface area contributed by atoms with Crippen LogP contribution in [0.3, 0.4) is 0 Å². The van der Waals surface area contributed by atoms with Crippen molar-refractivity contribution in [2.45, 2.75) is 38.6 Å². The van der Waals surface area contributed by atoms with E-state index in [1.54, 1.807) is 12.5 Å². The van der Waals surface area contributed by atoms with Crippen molar-refractivity contribution in [3.05, 3.63) is 83.4 Å². The summed E-state index contributed by atoms with van der Waals surface area (Å²) in [4.78, 5) is 23.1. The van der Waals surface area contributed by atoms with Gasteiger partial charge in [-0.1, -0.05) is 24.3 Å². The lowest BCUT2D eigenvalue weighted by molar-refractivity contribution is -0.127. The molecule has 2 atom stereocenters. The van der Waals surface area contributed by atoms with Crippen molar-refractivity contribution < 1.29 is 4.79 Å². The van der Waals surface area contributed by atoms with E-state index in [-0.39, 0.29) is 11.8 Å². The molecule has 0 radical (unpaired) electrons. The molecule has 0 aliphatic carbocycles. The van der Waals surface area contributed by atoms with Gasteiger partial charge in [0.25, 0.3) is 0 Å². The number of aryl methyl sites for hydroxylation is 1. The number of nitrogens with zero attached hydrogens (tertiary/aromatic N) is 3. The molecule has 32 heavy (non-hydrogen) atoms. The fourth-order valence-corrected chi connectivity index (χ4v) is 4.49. The summed E-state index contributed by atoms with van der Waals surface area (Å²) in [6.07, 6.45) is 5.87. The average Bonchev–Trinajstić information content (AvgIpc) is 3.36. The summed E-state index contributed by atoms with van der Waals surface area (Å²) in [6.45, 7) is 5.80. The largest absolute Gasteiger partial charge is 0.371 e. The third kappa shape index (κ3) is 4.83. The van der Waals surface area contributed by atoms with Gasteiger partial charge in [0.2, 0.25) is 5.91 Å². The fraction of sp³-hybridized carbons (Fsp3) is 0.346. The van der Waals surface area contributed by atoms with Gasteiger partial charge in [-0.25, -0.2) is 4.98 Å². The first kappa shape index (κ1) is 21.6. The molecule has 2 N–H and O–H groups in total. The van der Waals surface area contributed by atoms with Gasteiger partial charge in [0.15, 0.2) is 0 Å². The molecule has 1 amide bonds. The molecule has 1 aliphatic rings. The number of nitrogens with one attached hydrogen (secondary N) is 2. The zero-order chi connectivity index (χ0) is 22.6. The van der Waals surface area contributed by atoms with Crippen molar-refractivity contribution in [1.82, 2.24) is 15.3 Å². The normalized spacial score (nSPS) is 17.9. The molecular weight excluding hydrogens is 398 g/mol. The maximum atomic E-state index is 13.4. The summed E-state index contributed by atoms with van der Waals surface area (Å²) in [6, 6.07) is 18.1. The summed E-state index contributed by atoms with van der Waals surface area (Å²) in [5, 5.41) is 12.4. The van der Waals surface area contributed by atoms with Gasteiger partial charge in [-0.3, -0.25) is 4.79 Å². The van der Waals surface area contributed by atoms with Gasteiger partial charge < -0.3 is 15.2 Å². The van der Waals surface area contributed by atoms with E-state index < -0.39 is 5.54 Å². The van der Waals surface area contributed by atoms with Crippen molar-refractivity contribution in [2.24, 2.45) is 5.92 Å². The first-order valence-electron chi connectivity index (χ1n) is 11.1. The summed E-state index contributed by atoms with van der Waals surface area (Å²) >= 11 is 0. The minimum atomic E-state index is -0.632. The maximum Gasteiger partial charge on any atom is 0.225 e. The zero-order valence-corrected chi connectivity index (χ0v) is 18.6. The molecule has 1 aromatic heterocycles. The highest BCUT2D eigenvalue weighted by Crippen LogP contribution is 2.28. The Morgan fingerprint density at radius 2 is 2.12 bits per heavy atom. The molecule has 164 valence electrons. The van der Waals surface area contributed by atoms with Crippen molar-refractivity contribution in [3.63, 3.8) is 0 Å². The van der Waals surface area contributed by atoms with Crippen molar-refractivity contribution in [2.75, 3.05) is 18.0 Å². The molecule has 0 spiro atoms. The van der Waals surface area contributed by atoms with E-state index in [1.807, 2.05) is 31.2 Å². The monoisotopic (exact) mass is 427 g/mol. The van der Waals surface area contributed by atoms with E-state index in [2.05, 4.69) is 57.4 Å². The lowest BCUT2D eigenvalue weighted by Gasteiger charge is -2.37. The van der Waals surface area contributed by atoms with Crippen LogP contribution in [0.2, 0.25) is 0 Å². The van der Waals surface area contributed by atoms with Crippen LogP contribution in [0.25, 0.3) is 0 Å². The molecule has 1 saturated heterocycles. The first-order chi connectivity index (χ1) is 15.5. The maximum absolute atomic E-state index is 13.4. The lowest BCUT2D eigenvalue weighted by Crippen LogP contribution is -2.51. The Hall–Kier alpha value is -3.59. The molecule has 1 aliphatic heterocycles. The predicted octanol–water partition coefficient (Wildman–Crippen LogP) is 4.08. The van der Waals surface area contributed by atoms with E-state index in [4.69, 9.17) is 5.26 Å². The number of carbonyl (C=O) groups is 1. The SMILES string of the molecule is Cc1cccc(N2CCC[C@H](C(=O)NC(C)(Cc3ccc(C#N)cc3)c3cnc[nH]3)C2)c1. The van der Waals surface area contributed by atoms with Crippen LogP contribution in [0.1, 0.15) is 42.1 Å². The van der Waals surface area contributed by atoms with E-state index in [0.717, 1.165) is 30.6 Å². The van der Waals surface area contributed by atoms with Gasteiger partial charge in [0, 0.05) is 25.2 Å². The Balaban J connectivity index is 1.51. The van der Waals surface area contributed by atoms with E-state index in [1.165, 1.54) is 11.3 Å². The van der Waals surface area contributed by atoms with Crippen LogP contribution < -0.4 is 10.2 Å². The molecule has 2 heterocycles. The summed E-state index contributed by atoms with van der Waals surface area (Å²) in [5.74, 6) is -0.0134. The van der Waals surface area contributed by atoms with E-state index >= 15 is 0 Å². The third-order valence-electron chi connectivity index (χ3n) is 6.29. The molecular formula is C26H29N5O. The molecule has 4 rings (SSSR count). The molecule has 1 fully saturated rings. The van der Waals surface area contributed by atoms with Gasteiger partial charge in [0.05, 0.1) is 41.3 Å². The molecule has 6 heteroatoms. The second-order valence-electron chi connectivity index (χ2n) is 8.90. The smallest absolute Gasteiger partial charge is 0.225 e. The second kappa shape index (κ2) is 9.27. The number of benzene rings is 2. The molecule has 3 aromatic rings. The van der Waals surface area contributed by atoms with Crippen molar-refractivity contribution >= 4 is 11.6 Å². The van der Waals surface area contributed by atoms with Crippen LogP contribution in [0.5, 0.6) is 0 Å². The average molecular weight is 428 g/mol. The Morgan fingerprint density at radius 1 is 1.31 bits per heavy atom. The minimum Gasteiger partial charge on any atom is -0.371 e. The number of aromatic nitrogens is 2. The van der Waals surface area contributed by atoms with Crippen LogP contribution >= 0.6 is 0 Å². The van der Waals surface area contributed by atoms with Crippen LogP contribution in [-0.2, 0) is 16.8 Å². The number of aromatic amines is 1. The van der Waals surface area contributed by atoms with E-state index in [9.17, 15) is 4.79 Å². The standard InChI is InChI=1S/C26H29N5O/c1-19-5-3-7-23(13-19)31-12-4-6-22(17-31)25(32)30-26(2,24-16-28-18-29-24)14-20-8-10-21(15-27)11-9-20/h3,5,7-11,13,16,18,22H,4,6,12,14,17H2,1-2H3,(H,28,29)(H,30,32)/t22-,26?/m0/s1. The Kier molecular flexibility index (Phi) is 6.27. The molecule has 0 saturated carbocycles. The lowest BCUT2D eigenvalue weighted by atomic mass is 9.87. The number of carbonyl (C=O) groups excluding carboxylic acids is 1. The fourth-order valence-electron chi connectivity index (χ4n) is 4.49. The van der Waals surface area contributed by atoms with Crippen molar-refractivity contribution in [3.8, 4) is 6.07 Å². The van der Waals surface area contributed by atoms with Crippen molar-refractivity contribution in [1.29, 1.82) is 5.26 Å². The van der Waals surface area contributed by atoms with Crippen LogP contribution in [0.4, 0.5) is 5.69 Å². The number of H-pyrrole nitrogens is 1. The van der Waals surface area contributed by atoms with Gasteiger partial charge in [0.1, 0.15) is 0 Å². The zero-order valence-electron chi connectivity index (χ0n) is 18.6. The number of anilines is 1. The molecule has 2 aromatic carbocycles. The second-order valence-corrected chi connectivity index (χ2v) is 8.90. The number of imidazole rings is 1. The summed E-state index contributed by atoms with van der Waals surface area (Å²) < 4.78 is 0. The highest BCUT2D eigenvalue weighted by Gasteiger charge is 2.34. The minimum absolute atomic E-state index is 0.0631. The van der Waals surface area contributed by atoms with Crippen LogP contribution in [0, 0.1) is 24.2 Å². The van der Waals surface area contributed by atoms with E-state index in [0.29, 0.717) is 18.5 Å². The van der Waals surface area contributed by atoms with Crippen LogP contribution in [-0.4, -0.2) is 29.0 Å². The van der Waals surface area contributed by atoms with Crippen LogP contribution in [0.15, 0.2) is 61.1 Å². The summed E-state index contributed by atoms with van der Waals surface area (Å²) in [7, 11) is 0. The van der Waals surface area contributed by atoms with Gasteiger partial charge >= 0.3 is 0 Å². The van der Waals surface area contributed by atoms with Gasteiger partial charge in [-0.05, 0) is 62.1 Å². The topological polar surface area (TPSA) is 84.8 Å². The molecule has 0 bridgehead atoms. The number of hydrogen-bond donors (Lipinski definition) is 2. The Morgan fingerprint density at radius 3 is 2.81 bits per heavy atom. The Labute approximate surface area is 189 Å². The van der Waals surface area contributed by atoms with Gasteiger partial charge in [-0.2, -0.15) is 5.26 Å². The van der Waals surface area contributed by atoms with Gasteiger partial charge in [-0.15, -0.1) is 0 Å². The number of amides is 1. The Bertz CT molecular complexity index is 1100. The predicted molar refractivity (Wildman–Crippen MR) is 125 cm³/mol. The highest BCUT2D eigenvalue weighted by atomic mass is 16.2. The third-order valence-corrected chi connectivity index (χ3v) is 6.29. The quantitative estimate of drug-likeness (QED) is 0.621. The first-order valence-corrected chi connectivity index (χ1v) is 11.1. The summed E-state index contributed by atoms with van der Waals surface area (Å²) in [5.41, 5.74) is 4.31. The molecule has 6 nitrogen and oxygen atoms in total. The number of rotatable bonds is 6. The highest BCUT2D eigenvalue weighted by molar-refractivity contribution is 5.80. The molecule has 1 unspecified atom stereocenters. The number of piperidine rings is 1. The number of hydrogen-bond acceptors (Lipinski definition) is 4.